The molecule has 8 heteroatoms. The van der Waals surface area contributed by atoms with Crippen LogP contribution in [0.25, 0.3) is 0 Å². The van der Waals surface area contributed by atoms with Crippen molar-refractivity contribution in [2.24, 2.45) is 21.7 Å². The van der Waals surface area contributed by atoms with Crippen molar-refractivity contribution in [1.29, 1.82) is 15.8 Å². The van der Waals surface area contributed by atoms with E-state index in [4.69, 9.17) is 10.6 Å². The van der Waals surface area contributed by atoms with E-state index in [9.17, 15) is 20.6 Å². The summed E-state index contributed by atoms with van der Waals surface area (Å²) < 4.78 is 0.690. The number of allylic oxidation sites excluding steroid dienone is 1. The summed E-state index contributed by atoms with van der Waals surface area (Å²) in [6, 6.07) is 12.5. The van der Waals surface area contributed by atoms with Gasteiger partial charge in [-0.1, -0.05) is 33.2 Å². The highest BCUT2D eigenvalue weighted by atomic mass is 79.9. The molecule has 1 aliphatic carbocycles. The fourth-order valence-corrected chi connectivity index (χ4v) is 4.08. The molecule has 1 aromatic carbocycles. The minimum Gasteiger partial charge on any atom is -0.400 e. The Bertz CT molecular complexity index is 978. The fraction of sp³-hybridized carbons (Fsp3) is 0.235. The van der Waals surface area contributed by atoms with Crippen LogP contribution in [0.2, 0.25) is 0 Å². The van der Waals surface area contributed by atoms with Gasteiger partial charge in [-0.2, -0.15) is 15.8 Å². The summed E-state index contributed by atoms with van der Waals surface area (Å²) in [5.74, 6) is -1.85. The number of rotatable bonds is 1. The third-order valence-corrected chi connectivity index (χ3v) is 5.25. The van der Waals surface area contributed by atoms with Gasteiger partial charge in [0.25, 0.3) is 0 Å². The number of benzene rings is 1. The maximum absolute atomic E-state index is 12.7. The highest BCUT2D eigenvalue weighted by molar-refractivity contribution is 9.10. The number of carbonyl (C=O) groups excluding carboxylic acids is 1. The number of oxime groups is 1. The molecule has 2 N–H and O–H groups in total. The Morgan fingerprint density at radius 1 is 1.32 bits per heavy atom. The second kappa shape index (κ2) is 5.44. The smallest absolute Gasteiger partial charge is 0.353 e. The Balaban J connectivity index is 2.46. The van der Waals surface area contributed by atoms with Crippen molar-refractivity contribution >= 4 is 27.6 Å². The Hall–Kier alpha value is -3.15. The van der Waals surface area contributed by atoms with E-state index >= 15 is 0 Å². The molecule has 0 radical (unpaired) electrons. The SMILES string of the molecule is CC1=NOC(=O)[C@]12C(N)=C(C#N)C(C#N)(C#N)[C@@H]2c1cccc(Br)c1. The number of nitrogens with zero attached hydrogens (tertiary/aromatic N) is 4. The molecule has 7 nitrogen and oxygen atoms in total. The van der Waals surface area contributed by atoms with Gasteiger partial charge in [-0.15, -0.1) is 0 Å². The summed E-state index contributed by atoms with van der Waals surface area (Å²) >= 11 is 3.34. The van der Waals surface area contributed by atoms with E-state index in [0.717, 1.165) is 0 Å². The highest BCUT2D eigenvalue weighted by Gasteiger charge is 2.71. The molecular weight excluding hydrogens is 386 g/mol. The van der Waals surface area contributed by atoms with E-state index in [1.807, 2.05) is 18.2 Å². The van der Waals surface area contributed by atoms with Gasteiger partial charge in [0, 0.05) is 16.1 Å². The minimum absolute atomic E-state index is 0.160. The summed E-state index contributed by atoms with van der Waals surface area (Å²) in [4.78, 5) is 17.5. The van der Waals surface area contributed by atoms with E-state index in [1.165, 1.54) is 6.92 Å². The maximum Gasteiger partial charge on any atom is 0.353 e. The van der Waals surface area contributed by atoms with Crippen LogP contribution in [0.5, 0.6) is 0 Å². The molecule has 0 fully saturated rings. The van der Waals surface area contributed by atoms with Crippen molar-refractivity contribution in [3.63, 3.8) is 0 Å². The van der Waals surface area contributed by atoms with Crippen LogP contribution in [0, 0.1) is 44.8 Å². The van der Waals surface area contributed by atoms with Crippen LogP contribution in [-0.4, -0.2) is 11.7 Å². The third-order valence-electron chi connectivity index (χ3n) is 4.76. The fourth-order valence-electron chi connectivity index (χ4n) is 3.67. The molecular formula is C17H10BrN5O2. The maximum atomic E-state index is 12.7. The standard InChI is InChI=1S/C17H10BrN5O2/c1-9-17(15(24)25-23-9)13(10-3-2-4-11(18)5-10)16(7-20,8-21)12(6-19)14(17)22/h2-5,13H,22H2,1H3/t13-,17+/m0/s1. The van der Waals surface area contributed by atoms with Gasteiger partial charge in [-0.05, 0) is 24.6 Å². The molecule has 0 amide bonds. The molecule has 0 aromatic heterocycles. The van der Waals surface area contributed by atoms with Crippen LogP contribution in [0.3, 0.4) is 0 Å². The number of carbonyl (C=O) groups is 1. The van der Waals surface area contributed by atoms with Crippen LogP contribution in [-0.2, 0) is 9.63 Å². The van der Waals surface area contributed by atoms with E-state index in [1.54, 1.807) is 24.3 Å². The molecule has 3 rings (SSSR count). The Morgan fingerprint density at radius 3 is 2.48 bits per heavy atom. The first-order valence-electron chi connectivity index (χ1n) is 7.15. The lowest BCUT2D eigenvalue weighted by Crippen LogP contribution is -2.45. The normalized spacial score (nSPS) is 26.6. The molecule has 0 saturated heterocycles. The molecule has 1 aromatic rings. The Kier molecular flexibility index (Phi) is 3.64. The van der Waals surface area contributed by atoms with Gasteiger partial charge in [0.05, 0.1) is 29.5 Å². The summed E-state index contributed by atoms with van der Waals surface area (Å²) in [7, 11) is 0. The average Bonchev–Trinajstić information content (AvgIpc) is 3.02. The molecule has 1 aliphatic heterocycles. The molecule has 25 heavy (non-hydrogen) atoms. The molecule has 0 unspecified atom stereocenters. The van der Waals surface area contributed by atoms with Crippen LogP contribution >= 0.6 is 15.9 Å². The number of nitrogens with two attached hydrogens (primary N) is 1. The van der Waals surface area contributed by atoms with Gasteiger partial charge in [-0.3, -0.25) is 0 Å². The van der Waals surface area contributed by atoms with E-state index in [0.29, 0.717) is 10.0 Å². The first-order valence-corrected chi connectivity index (χ1v) is 7.94. The number of nitriles is 3. The first-order chi connectivity index (χ1) is 11.9. The lowest BCUT2D eigenvalue weighted by molar-refractivity contribution is -0.147. The van der Waals surface area contributed by atoms with Gasteiger partial charge < -0.3 is 10.6 Å². The zero-order valence-electron chi connectivity index (χ0n) is 12.9. The van der Waals surface area contributed by atoms with Crippen molar-refractivity contribution in [3.05, 3.63) is 45.6 Å². The van der Waals surface area contributed by atoms with Gasteiger partial charge in [0.15, 0.2) is 10.8 Å². The average molecular weight is 396 g/mol. The summed E-state index contributed by atoms with van der Waals surface area (Å²) in [5, 5.41) is 33.0. The van der Waals surface area contributed by atoms with E-state index < -0.39 is 22.7 Å². The molecule has 2 aliphatic rings. The molecule has 122 valence electrons. The largest absolute Gasteiger partial charge is 0.400 e. The summed E-state index contributed by atoms with van der Waals surface area (Å²) in [6.07, 6.45) is 0. The van der Waals surface area contributed by atoms with E-state index in [2.05, 4.69) is 21.1 Å². The van der Waals surface area contributed by atoms with Gasteiger partial charge >= 0.3 is 5.97 Å². The Morgan fingerprint density at radius 2 is 2.00 bits per heavy atom. The predicted octanol–water partition coefficient (Wildman–Crippen LogP) is 2.24. The van der Waals surface area contributed by atoms with Crippen molar-refractivity contribution in [2.75, 3.05) is 0 Å². The van der Waals surface area contributed by atoms with Crippen LogP contribution < -0.4 is 5.73 Å². The predicted molar refractivity (Wildman–Crippen MR) is 89.0 cm³/mol. The number of hydrogen-bond acceptors (Lipinski definition) is 7. The number of hydrogen-bond donors (Lipinski definition) is 1. The van der Waals surface area contributed by atoms with Crippen molar-refractivity contribution < 1.29 is 9.63 Å². The van der Waals surface area contributed by atoms with Gasteiger partial charge in [0.2, 0.25) is 0 Å². The van der Waals surface area contributed by atoms with Gasteiger partial charge in [-0.25, -0.2) is 4.79 Å². The Labute approximate surface area is 151 Å². The van der Waals surface area contributed by atoms with Gasteiger partial charge in [0.1, 0.15) is 0 Å². The quantitative estimate of drug-likeness (QED) is 0.723. The van der Waals surface area contributed by atoms with Crippen LogP contribution in [0.15, 0.2) is 45.2 Å². The zero-order valence-corrected chi connectivity index (χ0v) is 14.5. The molecule has 1 heterocycles. The van der Waals surface area contributed by atoms with Crippen LogP contribution in [0.4, 0.5) is 0 Å². The summed E-state index contributed by atoms with van der Waals surface area (Å²) in [6.45, 7) is 1.53. The third kappa shape index (κ3) is 1.82. The lowest BCUT2D eigenvalue weighted by Gasteiger charge is -2.33. The lowest BCUT2D eigenvalue weighted by atomic mass is 9.62. The van der Waals surface area contributed by atoms with Crippen molar-refractivity contribution in [2.45, 2.75) is 12.8 Å². The second-order valence-corrected chi connectivity index (χ2v) is 6.70. The minimum atomic E-state index is -1.93. The second-order valence-electron chi connectivity index (χ2n) is 5.78. The highest BCUT2D eigenvalue weighted by Crippen LogP contribution is 2.62. The van der Waals surface area contributed by atoms with Crippen LogP contribution in [0.1, 0.15) is 18.4 Å². The van der Waals surface area contributed by atoms with E-state index in [-0.39, 0.29) is 17.0 Å². The summed E-state index contributed by atoms with van der Waals surface area (Å²) in [5.41, 5.74) is 2.89. The molecule has 2 atom stereocenters. The molecule has 1 spiro atoms. The number of halogens is 1. The molecule has 0 saturated carbocycles. The monoisotopic (exact) mass is 395 g/mol. The first kappa shape index (κ1) is 16.7. The van der Waals surface area contributed by atoms with Crippen molar-refractivity contribution in [3.8, 4) is 18.2 Å². The molecule has 0 bridgehead atoms. The topological polar surface area (TPSA) is 136 Å². The van der Waals surface area contributed by atoms with Crippen molar-refractivity contribution in [1.82, 2.24) is 0 Å². The zero-order chi connectivity index (χ0) is 18.4.